The van der Waals surface area contributed by atoms with Gasteiger partial charge in [-0.25, -0.2) is 4.90 Å². The average molecular weight is 651 g/mol. The summed E-state index contributed by atoms with van der Waals surface area (Å²) in [5.41, 5.74) is 2.97. The van der Waals surface area contributed by atoms with Gasteiger partial charge in [0.2, 0.25) is 17.7 Å². The number of halogens is 1. The van der Waals surface area contributed by atoms with Gasteiger partial charge in [0, 0.05) is 21.0 Å². The molecule has 3 amide bonds. The van der Waals surface area contributed by atoms with Crippen LogP contribution in [0.25, 0.3) is 0 Å². The second-order valence-corrected chi connectivity index (χ2v) is 12.9. The molecule has 6 rings (SSSR count). The summed E-state index contributed by atoms with van der Waals surface area (Å²) in [4.78, 5) is 55.7. The number of nitrogens with zero attached hydrogens (tertiary/aromatic N) is 2. The van der Waals surface area contributed by atoms with Gasteiger partial charge in [0.1, 0.15) is 17.5 Å². The highest BCUT2D eigenvalue weighted by molar-refractivity contribution is 9.10. The third-order valence-electron chi connectivity index (χ3n) is 7.25. The summed E-state index contributed by atoms with van der Waals surface area (Å²) in [6, 6.07) is 21.7. The number of aromatic nitrogens is 1. The molecule has 1 saturated heterocycles. The zero-order chi connectivity index (χ0) is 28.8. The maximum absolute atomic E-state index is 14.0. The molecule has 1 N–H and O–H groups in total. The molecule has 3 aromatic carbocycles. The molecule has 0 spiro atoms. The number of ether oxygens (including phenoxy) is 1. The number of hydrogen-bond acceptors (Lipinski definition) is 7. The van der Waals surface area contributed by atoms with Gasteiger partial charge in [0.15, 0.2) is 0 Å². The summed E-state index contributed by atoms with van der Waals surface area (Å²) < 4.78 is 7.57. The Morgan fingerprint density at radius 2 is 1.63 bits per heavy atom. The van der Waals surface area contributed by atoms with E-state index in [1.54, 1.807) is 55.6 Å². The molecule has 11 heteroatoms. The van der Waals surface area contributed by atoms with Crippen molar-refractivity contribution in [3.05, 3.63) is 103 Å². The van der Waals surface area contributed by atoms with Crippen LogP contribution in [0.2, 0.25) is 0 Å². The van der Waals surface area contributed by atoms with Gasteiger partial charge in [0.05, 0.1) is 23.7 Å². The number of aryl methyl sites for hydroxylation is 1. The predicted octanol–water partition coefficient (Wildman–Crippen LogP) is 5.42. The standard InChI is InChI=1S/C30H24BrN3O5S2/c1-16-3-9-19(10-4-16)32-22(35)15-33-29-26(41-30(33)38)23(17-5-13-21(39-2)14-6-17)24-25(40-29)28(37)34(27(24)36)20-11-7-18(31)8-12-20/h3-14,23-25H,15H2,1-2H3,(H,32,35)/t23-,24?,25?/m0/s1. The van der Waals surface area contributed by atoms with Crippen LogP contribution in [0, 0.1) is 12.8 Å². The van der Waals surface area contributed by atoms with E-state index in [2.05, 4.69) is 21.2 Å². The molecule has 0 saturated carbocycles. The number of carbonyl (C=O) groups excluding carboxylic acids is 3. The molecular weight excluding hydrogens is 626 g/mol. The number of imide groups is 1. The minimum atomic E-state index is -0.758. The molecule has 0 aliphatic carbocycles. The summed E-state index contributed by atoms with van der Waals surface area (Å²) in [7, 11) is 1.57. The van der Waals surface area contributed by atoms with E-state index in [0.29, 0.717) is 27.0 Å². The quantitative estimate of drug-likeness (QED) is 0.280. The van der Waals surface area contributed by atoms with E-state index in [4.69, 9.17) is 4.74 Å². The Morgan fingerprint density at radius 3 is 2.29 bits per heavy atom. The number of fused-ring (bicyclic) bond motifs is 2. The van der Waals surface area contributed by atoms with Gasteiger partial charge >= 0.3 is 4.87 Å². The van der Waals surface area contributed by atoms with Crippen LogP contribution < -0.4 is 19.8 Å². The number of amides is 3. The summed E-state index contributed by atoms with van der Waals surface area (Å²) >= 11 is 5.61. The molecule has 4 aromatic rings. The van der Waals surface area contributed by atoms with Crippen LogP contribution in [-0.2, 0) is 20.9 Å². The van der Waals surface area contributed by atoms with Crippen molar-refractivity contribution in [2.45, 2.75) is 29.7 Å². The van der Waals surface area contributed by atoms with E-state index in [1.165, 1.54) is 21.2 Å². The molecule has 3 heterocycles. The number of benzene rings is 3. The highest BCUT2D eigenvalue weighted by Gasteiger charge is 2.56. The lowest BCUT2D eigenvalue weighted by molar-refractivity contribution is -0.122. The molecule has 1 fully saturated rings. The van der Waals surface area contributed by atoms with Gasteiger partial charge in [-0.3, -0.25) is 23.7 Å². The van der Waals surface area contributed by atoms with Gasteiger partial charge in [-0.1, -0.05) is 68.9 Å². The summed E-state index contributed by atoms with van der Waals surface area (Å²) in [5, 5.41) is 2.63. The Hall–Kier alpha value is -3.67. The van der Waals surface area contributed by atoms with Crippen molar-refractivity contribution in [1.29, 1.82) is 0 Å². The molecule has 208 valence electrons. The van der Waals surface area contributed by atoms with Crippen LogP contribution in [0.5, 0.6) is 5.75 Å². The Bertz CT molecular complexity index is 1720. The molecule has 0 bridgehead atoms. The number of thioether (sulfide) groups is 1. The fraction of sp³-hybridized carbons (Fsp3) is 0.200. The summed E-state index contributed by atoms with van der Waals surface area (Å²) in [6.45, 7) is 1.75. The van der Waals surface area contributed by atoms with Crippen molar-refractivity contribution >= 4 is 68.1 Å². The fourth-order valence-electron chi connectivity index (χ4n) is 5.25. The molecule has 2 aliphatic rings. The molecule has 3 atom stereocenters. The second-order valence-electron chi connectivity index (χ2n) is 9.84. The van der Waals surface area contributed by atoms with Crippen molar-refractivity contribution in [2.75, 3.05) is 17.3 Å². The number of hydrogen-bond donors (Lipinski definition) is 1. The first-order chi connectivity index (χ1) is 19.7. The highest BCUT2D eigenvalue weighted by Crippen LogP contribution is 2.54. The number of nitrogens with one attached hydrogen (secondary N) is 1. The smallest absolute Gasteiger partial charge is 0.308 e. The molecule has 2 unspecified atom stereocenters. The van der Waals surface area contributed by atoms with Crippen LogP contribution >= 0.6 is 39.0 Å². The van der Waals surface area contributed by atoms with E-state index in [-0.39, 0.29) is 29.1 Å². The molecular formula is C30H24BrN3O5S2. The summed E-state index contributed by atoms with van der Waals surface area (Å²) in [5.74, 6) is -1.62. The first kappa shape index (κ1) is 27.5. The topological polar surface area (TPSA) is 97.7 Å². The van der Waals surface area contributed by atoms with Gasteiger partial charge in [-0.05, 0) is 61.0 Å². The van der Waals surface area contributed by atoms with Crippen LogP contribution in [-0.4, -0.2) is 34.6 Å². The van der Waals surface area contributed by atoms with E-state index in [0.717, 1.165) is 26.9 Å². The normalized spacial score (nSPS) is 19.6. The number of carbonyl (C=O) groups is 3. The summed E-state index contributed by atoms with van der Waals surface area (Å²) in [6.07, 6.45) is 0. The van der Waals surface area contributed by atoms with Crippen molar-refractivity contribution in [3.63, 3.8) is 0 Å². The Balaban J connectivity index is 1.40. The van der Waals surface area contributed by atoms with Crippen LogP contribution in [0.1, 0.15) is 21.9 Å². The lowest BCUT2D eigenvalue weighted by Crippen LogP contribution is -2.33. The van der Waals surface area contributed by atoms with Gasteiger partial charge in [-0.15, -0.1) is 0 Å². The lowest BCUT2D eigenvalue weighted by atomic mass is 9.83. The number of thiazole rings is 1. The van der Waals surface area contributed by atoms with Gasteiger partial charge in [-0.2, -0.15) is 0 Å². The Labute approximate surface area is 252 Å². The molecule has 41 heavy (non-hydrogen) atoms. The zero-order valence-corrected chi connectivity index (χ0v) is 25.2. The zero-order valence-electron chi connectivity index (χ0n) is 22.0. The minimum Gasteiger partial charge on any atom is -0.497 e. The van der Waals surface area contributed by atoms with Crippen molar-refractivity contribution in [2.24, 2.45) is 5.92 Å². The maximum atomic E-state index is 14.0. The fourth-order valence-corrected chi connectivity index (χ4v) is 8.29. The Kier molecular flexibility index (Phi) is 7.35. The van der Waals surface area contributed by atoms with E-state index < -0.39 is 17.1 Å². The van der Waals surface area contributed by atoms with Gasteiger partial charge in [0.25, 0.3) is 0 Å². The van der Waals surface area contributed by atoms with E-state index >= 15 is 0 Å². The maximum Gasteiger partial charge on any atom is 0.308 e. The first-order valence-corrected chi connectivity index (χ1v) is 15.3. The minimum absolute atomic E-state index is 0.211. The molecule has 2 aliphatic heterocycles. The SMILES string of the molecule is COc1ccc([C@@H]2c3sc(=O)n(CC(=O)Nc4ccc(C)cc4)c3SC3C(=O)N(c4ccc(Br)cc4)C(=O)C32)cc1. The number of rotatable bonds is 6. The largest absolute Gasteiger partial charge is 0.497 e. The number of methoxy groups -OCH3 is 1. The molecule has 1 aromatic heterocycles. The molecule has 0 radical (unpaired) electrons. The van der Waals surface area contributed by atoms with Crippen LogP contribution in [0.4, 0.5) is 11.4 Å². The second kappa shape index (κ2) is 11.0. The third-order valence-corrected chi connectivity index (χ3v) is 10.4. The average Bonchev–Trinajstić information content (AvgIpc) is 3.41. The first-order valence-electron chi connectivity index (χ1n) is 12.8. The monoisotopic (exact) mass is 649 g/mol. The van der Waals surface area contributed by atoms with Crippen molar-refractivity contribution in [1.82, 2.24) is 4.57 Å². The van der Waals surface area contributed by atoms with E-state index in [9.17, 15) is 19.2 Å². The van der Waals surface area contributed by atoms with Crippen LogP contribution in [0.3, 0.4) is 0 Å². The number of anilines is 2. The van der Waals surface area contributed by atoms with E-state index in [1.807, 2.05) is 31.2 Å². The predicted molar refractivity (Wildman–Crippen MR) is 163 cm³/mol. The van der Waals surface area contributed by atoms with Crippen molar-refractivity contribution < 1.29 is 19.1 Å². The Morgan fingerprint density at radius 1 is 0.951 bits per heavy atom. The highest BCUT2D eigenvalue weighted by atomic mass is 79.9. The van der Waals surface area contributed by atoms with Crippen molar-refractivity contribution in [3.8, 4) is 5.75 Å². The third kappa shape index (κ3) is 5.02. The van der Waals surface area contributed by atoms with Crippen LogP contribution in [0.15, 0.2) is 87.1 Å². The molecule has 8 nitrogen and oxygen atoms in total. The lowest BCUT2D eigenvalue weighted by Gasteiger charge is -2.30. The van der Waals surface area contributed by atoms with Gasteiger partial charge < -0.3 is 10.1 Å².